The Bertz CT molecular complexity index is 459. The quantitative estimate of drug-likeness (QED) is 0.689. The van der Waals surface area contributed by atoms with Gasteiger partial charge in [0.25, 0.3) is 0 Å². The van der Waals surface area contributed by atoms with Crippen LogP contribution in [0.25, 0.3) is 0 Å². The van der Waals surface area contributed by atoms with Gasteiger partial charge in [-0.25, -0.2) is 0 Å². The van der Waals surface area contributed by atoms with Gasteiger partial charge in [-0.2, -0.15) is 0 Å². The molecule has 0 spiro atoms. The lowest BCUT2D eigenvalue weighted by molar-refractivity contribution is -0.115. The molecule has 1 atom stereocenters. The molecule has 0 aliphatic carbocycles. The predicted molar refractivity (Wildman–Crippen MR) is 59.4 cm³/mol. The van der Waals surface area contributed by atoms with Crippen LogP contribution in [0.4, 0.5) is 5.69 Å². The summed E-state index contributed by atoms with van der Waals surface area (Å²) >= 11 is 0. The van der Waals surface area contributed by atoms with Crippen LogP contribution >= 0.6 is 0 Å². The van der Waals surface area contributed by atoms with E-state index in [1.165, 1.54) is 0 Å². The van der Waals surface area contributed by atoms with Gasteiger partial charge in [-0.05, 0) is 12.1 Å². The second kappa shape index (κ2) is 4.23. The molecule has 6 nitrogen and oxygen atoms in total. The van der Waals surface area contributed by atoms with Gasteiger partial charge in [0.05, 0.1) is 13.0 Å². The van der Waals surface area contributed by atoms with Crippen molar-refractivity contribution in [2.24, 2.45) is 0 Å². The fraction of sp³-hybridized carbons (Fsp3) is 0.364. The highest BCUT2D eigenvalue weighted by Gasteiger charge is 2.29. The number of hydrogen-bond acceptors (Lipinski definition) is 4. The monoisotopic (exact) mass is 239 g/mol. The van der Waals surface area contributed by atoms with E-state index in [0.29, 0.717) is 24.5 Å². The molecule has 2 aliphatic rings. The van der Waals surface area contributed by atoms with Gasteiger partial charge in [-0.3, -0.25) is 4.79 Å². The highest BCUT2D eigenvalue weighted by atomic mass is 16.6. The number of anilines is 1. The average Bonchev–Trinajstić information content (AvgIpc) is 2.69. The topological polar surface area (TPSA) is 99.3 Å². The molecule has 4 N–H and O–H groups in total. The molecule has 6 heteroatoms. The predicted octanol–water partition coefficient (Wildman–Crippen LogP) is -0.511. The molecule has 1 amide bonds. The summed E-state index contributed by atoms with van der Waals surface area (Å²) in [6, 6.07) is 3.58. The van der Waals surface area contributed by atoms with Crippen LogP contribution < -0.4 is 14.8 Å². The molecule has 1 aromatic carbocycles. The number of amides is 1. The number of hydrogen-bond donors (Lipinski definition) is 2. The molecule has 2 heterocycles. The largest absolute Gasteiger partial charge is 0.486 e. The van der Waals surface area contributed by atoms with Crippen LogP contribution in [0.1, 0.15) is 5.56 Å². The molecule has 0 saturated carbocycles. The summed E-state index contributed by atoms with van der Waals surface area (Å²) in [6.07, 6.45) is -0.0466. The highest BCUT2D eigenvalue weighted by molar-refractivity contribution is 6.00. The third-order valence-corrected chi connectivity index (χ3v) is 2.75. The van der Waals surface area contributed by atoms with Crippen LogP contribution in [0, 0.1) is 0 Å². The van der Waals surface area contributed by atoms with Crippen LogP contribution in [0.3, 0.4) is 0 Å². The van der Waals surface area contributed by atoms with E-state index in [9.17, 15) is 4.79 Å². The zero-order chi connectivity index (χ0) is 11.1. The third kappa shape index (κ3) is 1.81. The van der Waals surface area contributed by atoms with Crippen molar-refractivity contribution in [3.05, 3.63) is 17.7 Å². The summed E-state index contributed by atoms with van der Waals surface area (Å²) in [6.45, 7) is 0.244. The van der Waals surface area contributed by atoms with Crippen molar-refractivity contribution in [1.82, 2.24) is 0 Å². The molecule has 0 saturated heterocycles. The lowest BCUT2D eigenvalue weighted by atomic mass is 10.1. The van der Waals surface area contributed by atoms with Gasteiger partial charge in [0.1, 0.15) is 6.61 Å². The molecule has 0 radical (unpaired) electrons. The Kier molecular flexibility index (Phi) is 2.91. The van der Waals surface area contributed by atoms with E-state index in [1.807, 2.05) is 6.07 Å². The molecular formula is C11H13NO5. The zero-order valence-corrected chi connectivity index (χ0v) is 9.03. The van der Waals surface area contributed by atoms with Crippen LogP contribution in [0.15, 0.2) is 12.1 Å². The molecule has 92 valence electrons. The zero-order valence-electron chi connectivity index (χ0n) is 9.03. The summed E-state index contributed by atoms with van der Waals surface area (Å²) in [7, 11) is 0. The van der Waals surface area contributed by atoms with Crippen LogP contribution in [-0.2, 0) is 11.2 Å². The van der Waals surface area contributed by atoms with E-state index in [1.54, 1.807) is 6.07 Å². The van der Waals surface area contributed by atoms with E-state index in [4.69, 9.17) is 14.6 Å². The Labute approximate surface area is 97.5 Å². The summed E-state index contributed by atoms with van der Waals surface area (Å²) in [4.78, 5) is 11.3. The van der Waals surface area contributed by atoms with Gasteiger partial charge in [0.15, 0.2) is 17.6 Å². The minimum absolute atomic E-state index is 0. The first-order valence-corrected chi connectivity index (χ1v) is 5.14. The molecule has 3 rings (SSSR count). The number of carbonyl (C=O) groups is 1. The van der Waals surface area contributed by atoms with Gasteiger partial charge in [-0.15, -0.1) is 0 Å². The second-order valence-corrected chi connectivity index (χ2v) is 3.88. The van der Waals surface area contributed by atoms with Crippen LogP contribution in [-0.4, -0.2) is 35.8 Å². The van der Waals surface area contributed by atoms with Gasteiger partial charge in [0.2, 0.25) is 5.91 Å². The number of nitrogens with one attached hydrogen (secondary N) is 1. The molecule has 0 fully saturated rings. The Morgan fingerprint density at radius 1 is 1.47 bits per heavy atom. The number of rotatable bonds is 1. The normalized spacial score (nSPS) is 20.3. The van der Waals surface area contributed by atoms with Gasteiger partial charge < -0.3 is 25.4 Å². The Morgan fingerprint density at radius 3 is 3.06 bits per heavy atom. The third-order valence-electron chi connectivity index (χ3n) is 2.75. The fourth-order valence-corrected chi connectivity index (χ4v) is 1.97. The van der Waals surface area contributed by atoms with Crippen molar-refractivity contribution in [1.29, 1.82) is 0 Å². The van der Waals surface area contributed by atoms with Crippen molar-refractivity contribution in [2.45, 2.75) is 12.5 Å². The number of fused-ring (bicyclic) bond motifs is 3. The first-order valence-electron chi connectivity index (χ1n) is 5.14. The number of ether oxygens (including phenoxy) is 2. The van der Waals surface area contributed by atoms with Crippen molar-refractivity contribution in [2.75, 3.05) is 18.5 Å². The van der Waals surface area contributed by atoms with Crippen LogP contribution in [0.5, 0.6) is 11.5 Å². The second-order valence-electron chi connectivity index (χ2n) is 3.88. The van der Waals surface area contributed by atoms with Crippen LogP contribution in [0.2, 0.25) is 0 Å². The molecule has 0 aromatic heterocycles. The maximum atomic E-state index is 11.3. The molecule has 0 bridgehead atoms. The average molecular weight is 239 g/mol. The van der Waals surface area contributed by atoms with Gasteiger partial charge in [-0.1, -0.05) is 0 Å². The number of benzene rings is 1. The first kappa shape index (κ1) is 11.7. The summed E-state index contributed by atoms with van der Waals surface area (Å²) < 4.78 is 11.1. The molecule has 0 unspecified atom stereocenters. The maximum absolute atomic E-state index is 11.3. The lowest BCUT2D eigenvalue weighted by Gasteiger charge is -2.26. The Balaban J connectivity index is 0.00000108. The SMILES string of the molecule is O.O=C1Cc2c(ccc3c2O[C@@H](CO)CO3)N1. The van der Waals surface area contributed by atoms with Crippen molar-refractivity contribution >= 4 is 11.6 Å². The van der Waals surface area contributed by atoms with Gasteiger partial charge >= 0.3 is 0 Å². The lowest BCUT2D eigenvalue weighted by Crippen LogP contribution is -2.32. The Hall–Kier alpha value is -1.79. The number of aliphatic hydroxyl groups excluding tert-OH is 1. The summed E-state index contributed by atoms with van der Waals surface area (Å²) in [5, 5.41) is 11.8. The molecule has 1 aromatic rings. The molecule has 17 heavy (non-hydrogen) atoms. The number of carbonyl (C=O) groups excluding carboxylic acids is 1. The number of aliphatic hydroxyl groups is 1. The first-order chi connectivity index (χ1) is 7.78. The smallest absolute Gasteiger partial charge is 0.229 e. The highest BCUT2D eigenvalue weighted by Crippen LogP contribution is 2.41. The van der Waals surface area contributed by atoms with Crippen molar-refractivity contribution in [3.8, 4) is 11.5 Å². The minimum Gasteiger partial charge on any atom is -0.486 e. The molecular weight excluding hydrogens is 226 g/mol. The summed E-state index contributed by atoms with van der Waals surface area (Å²) in [5.74, 6) is 1.18. The van der Waals surface area contributed by atoms with E-state index in [2.05, 4.69) is 5.32 Å². The fourth-order valence-electron chi connectivity index (χ4n) is 1.97. The molecule has 2 aliphatic heterocycles. The standard InChI is InChI=1S/C11H11NO4.H2O/c13-4-6-5-15-9-2-1-8-7(11(9)16-6)3-10(14)12-8;/h1-2,6,13H,3-5H2,(H,12,14);1H2/t6-;/m0./s1. The van der Waals surface area contributed by atoms with E-state index in [0.717, 1.165) is 11.3 Å². The maximum Gasteiger partial charge on any atom is 0.229 e. The van der Waals surface area contributed by atoms with E-state index < -0.39 is 0 Å². The Morgan fingerprint density at radius 2 is 2.29 bits per heavy atom. The minimum atomic E-state index is -0.352. The summed E-state index contributed by atoms with van der Waals surface area (Å²) in [5.41, 5.74) is 1.59. The van der Waals surface area contributed by atoms with E-state index >= 15 is 0 Å². The van der Waals surface area contributed by atoms with Crippen molar-refractivity contribution < 1.29 is 24.9 Å². The van der Waals surface area contributed by atoms with Gasteiger partial charge in [0, 0.05) is 11.3 Å². The van der Waals surface area contributed by atoms with Crippen molar-refractivity contribution in [3.63, 3.8) is 0 Å². The van der Waals surface area contributed by atoms with E-state index in [-0.39, 0.29) is 24.1 Å².